The van der Waals surface area contributed by atoms with Gasteiger partial charge in [0.05, 0.1) is 22.0 Å². The zero-order chi connectivity index (χ0) is 18.3. The highest BCUT2D eigenvalue weighted by Gasteiger charge is 2.02. The summed E-state index contributed by atoms with van der Waals surface area (Å²) in [6.45, 7) is 2.72. The van der Waals surface area contributed by atoms with Gasteiger partial charge in [-0.05, 0) is 25.5 Å². The highest BCUT2D eigenvalue weighted by Crippen LogP contribution is 2.13. The molecular formula is C18H23N3O3S. The molecule has 0 radical (unpaired) electrons. The summed E-state index contributed by atoms with van der Waals surface area (Å²) in [7, 11) is -2.21. The van der Waals surface area contributed by atoms with Gasteiger partial charge in [0.2, 0.25) is 0 Å². The Hall–Kier alpha value is -2.25. The molecule has 0 aliphatic rings. The third-order valence-corrected chi connectivity index (χ3v) is 4.55. The van der Waals surface area contributed by atoms with Crippen LogP contribution in [-0.4, -0.2) is 32.0 Å². The fourth-order valence-corrected chi connectivity index (χ4v) is 2.82. The first-order valence-electron chi connectivity index (χ1n) is 8.10. The van der Waals surface area contributed by atoms with Gasteiger partial charge in [0, 0.05) is 36.9 Å². The molecular weight excluding hydrogens is 338 g/mol. The summed E-state index contributed by atoms with van der Waals surface area (Å²) in [4.78, 5) is 0. The second-order valence-electron chi connectivity index (χ2n) is 5.94. The summed E-state index contributed by atoms with van der Waals surface area (Å²) >= 11 is 0. The first-order chi connectivity index (χ1) is 11.8. The SMILES string of the molecule is Cc1ccc(N(C)N=Cc2cc[n+](CCCCS(=O)(=O)[O-])cc2)cc1. The molecule has 0 unspecified atom stereocenters. The number of rotatable bonds is 8. The van der Waals surface area contributed by atoms with Crippen LogP contribution in [0.4, 0.5) is 5.69 Å². The van der Waals surface area contributed by atoms with Crippen LogP contribution in [0.1, 0.15) is 24.0 Å². The predicted molar refractivity (Wildman–Crippen MR) is 97.6 cm³/mol. The summed E-state index contributed by atoms with van der Waals surface area (Å²) in [5.41, 5.74) is 3.19. The zero-order valence-corrected chi connectivity index (χ0v) is 15.3. The number of benzene rings is 1. The number of hydrogen-bond acceptors (Lipinski definition) is 5. The fourth-order valence-electron chi connectivity index (χ4n) is 2.26. The molecule has 0 saturated carbocycles. The largest absolute Gasteiger partial charge is 0.748 e. The van der Waals surface area contributed by atoms with E-state index < -0.39 is 10.1 Å². The lowest BCUT2D eigenvalue weighted by Crippen LogP contribution is -2.32. The molecule has 0 amide bonds. The first-order valence-corrected chi connectivity index (χ1v) is 9.68. The molecule has 2 aromatic rings. The van der Waals surface area contributed by atoms with Crippen LogP contribution in [-0.2, 0) is 16.7 Å². The predicted octanol–water partition coefficient (Wildman–Crippen LogP) is 2.08. The first kappa shape index (κ1) is 19.1. The topological polar surface area (TPSA) is 76.7 Å². The van der Waals surface area contributed by atoms with Gasteiger partial charge in [-0.2, -0.15) is 5.10 Å². The van der Waals surface area contributed by atoms with Crippen molar-refractivity contribution in [2.45, 2.75) is 26.3 Å². The number of unbranched alkanes of at least 4 members (excludes halogenated alkanes) is 1. The van der Waals surface area contributed by atoms with Crippen molar-refractivity contribution in [1.29, 1.82) is 0 Å². The van der Waals surface area contributed by atoms with Crippen LogP contribution in [0.15, 0.2) is 53.9 Å². The van der Waals surface area contributed by atoms with Crippen LogP contribution < -0.4 is 9.58 Å². The third kappa shape index (κ3) is 7.03. The average Bonchev–Trinajstić information content (AvgIpc) is 2.57. The van der Waals surface area contributed by atoms with E-state index >= 15 is 0 Å². The van der Waals surface area contributed by atoms with Crippen molar-refractivity contribution < 1.29 is 17.5 Å². The highest BCUT2D eigenvalue weighted by molar-refractivity contribution is 7.85. The average molecular weight is 361 g/mol. The minimum atomic E-state index is -4.11. The maximum atomic E-state index is 10.6. The zero-order valence-electron chi connectivity index (χ0n) is 14.5. The minimum absolute atomic E-state index is 0.302. The molecule has 7 heteroatoms. The Labute approximate surface area is 149 Å². The van der Waals surface area contributed by atoms with Crippen molar-refractivity contribution in [3.63, 3.8) is 0 Å². The van der Waals surface area contributed by atoms with Gasteiger partial charge < -0.3 is 4.55 Å². The quantitative estimate of drug-likeness (QED) is 0.237. The standard InChI is InChI=1S/C18H23N3O3S/c1-16-5-7-18(8-6-16)20(2)19-15-17-9-12-21(13-10-17)11-3-4-14-25(22,23)24/h5-10,12-13,15H,3-4,11,14H2,1-2H3. The van der Waals surface area contributed by atoms with Gasteiger partial charge in [0.15, 0.2) is 12.4 Å². The molecule has 0 saturated heterocycles. The van der Waals surface area contributed by atoms with Gasteiger partial charge in [-0.3, -0.25) is 5.01 Å². The van der Waals surface area contributed by atoms with Gasteiger partial charge in [-0.1, -0.05) is 17.7 Å². The van der Waals surface area contributed by atoms with E-state index in [4.69, 9.17) is 0 Å². The number of aromatic nitrogens is 1. The van der Waals surface area contributed by atoms with Crippen molar-refractivity contribution >= 4 is 22.0 Å². The molecule has 134 valence electrons. The van der Waals surface area contributed by atoms with E-state index in [9.17, 15) is 13.0 Å². The van der Waals surface area contributed by atoms with Crippen molar-refractivity contribution in [3.8, 4) is 0 Å². The van der Waals surface area contributed by atoms with E-state index in [0.717, 1.165) is 11.3 Å². The van der Waals surface area contributed by atoms with E-state index in [1.807, 2.05) is 72.3 Å². The highest BCUT2D eigenvalue weighted by atomic mass is 32.2. The Kier molecular flexibility index (Phi) is 6.66. The van der Waals surface area contributed by atoms with Gasteiger partial charge in [0.1, 0.15) is 6.54 Å². The number of pyridine rings is 1. The van der Waals surface area contributed by atoms with Crippen molar-refractivity contribution in [1.82, 2.24) is 0 Å². The Morgan fingerprint density at radius 1 is 1.12 bits per heavy atom. The lowest BCUT2D eigenvalue weighted by atomic mass is 10.2. The number of aryl methyl sites for hydroxylation is 2. The molecule has 0 atom stereocenters. The van der Waals surface area contributed by atoms with Gasteiger partial charge in [-0.15, -0.1) is 0 Å². The Balaban J connectivity index is 1.86. The smallest absolute Gasteiger partial charge is 0.169 e. The Bertz CT molecular complexity index is 800. The summed E-state index contributed by atoms with van der Waals surface area (Å²) < 4.78 is 33.6. The van der Waals surface area contributed by atoms with Gasteiger partial charge >= 0.3 is 0 Å². The van der Waals surface area contributed by atoms with Crippen LogP contribution in [0.25, 0.3) is 0 Å². The van der Waals surface area contributed by atoms with Crippen LogP contribution in [0.3, 0.4) is 0 Å². The van der Waals surface area contributed by atoms with E-state index in [1.54, 1.807) is 6.21 Å². The van der Waals surface area contributed by atoms with Crippen molar-refractivity contribution in [2.24, 2.45) is 5.10 Å². The number of hydrazone groups is 1. The molecule has 1 heterocycles. The molecule has 2 rings (SSSR count). The summed E-state index contributed by atoms with van der Waals surface area (Å²) in [6, 6.07) is 12.0. The summed E-state index contributed by atoms with van der Waals surface area (Å²) in [6.07, 6.45) is 6.64. The van der Waals surface area contributed by atoms with Crippen molar-refractivity contribution in [3.05, 3.63) is 59.9 Å². The second-order valence-corrected chi connectivity index (χ2v) is 7.47. The Morgan fingerprint density at radius 2 is 1.76 bits per heavy atom. The van der Waals surface area contributed by atoms with Gasteiger partial charge in [0.25, 0.3) is 0 Å². The molecule has 0 fully saturated rings. The maximum Gasteiger partial charge on any atom is 0.169 e. The summed E-state index contributed by atoms with van der Waals surface area (Å²) in [5, 5.41) is 6.23. The van der Waals surface area contributed by atoms with E-state index in [1.165, 1.54) is 5.56 Å². The van der Waals surface area contributed by atoms with Crippen molar-refractivity contribution in [2.75, 3.05) is 17.8 Å². The third-order valence-electron chi connectivity index (χ3n) is 3.77. The van der Waals surface area contributed by atoms with E-state index in [-0.39, 0.29) is 5.75 Å². The lowest BCUT2D eigenvalue weighted by molar-refractivity contribution is -0.697. The summed E-state index contributed by atoms with van der Waals surface area (Å²) in [5.74, 6) is -0.302. The molecule has 25 heavy (non-hydrogen) atoms. The molecule has 0 aliphatic heterocycles. The molecule has 0 aliphatic carbocycles. The molecule has 0 bridgehead atoms. The lowest BCUT2D eigenvalue weighted by Gasteiger charge is -2.12. The second kappa shape index (κ2) is 8.73. The van der Waals surface area contributed by atoms with Crippen LogP contribution >= 0.6 is 0 Å². The maximum absolute atomic E-state index is 10.6. The molecule has 6 nitrogen and oxygen atoms in total. The fraction of sp³-hybridized carbons (Fsp3) is 0.333. The minimum Gasteiger partial charge on any atom is -0.748 e. The molecule has 1 aromatic heterocycles. The van der Waals surface area contributed by atoms with Gasteiger partial charge in [-0.25, -0.2) is 13.0 Å². The van der Waals surface area contributed by atoms with Crippen LogP contribution in [0.5, 0.6) is 0 Å². The molecule has 0 N–H and O–H groups in total. The molecule has 0 spiro atoms. The Morgan fingerprint density at radius 3 is 2.36 bits per heavy atom. The van der Waals surface area contributed by atoms with E-state index in [0.29, 0.717) is 19.4 Å². The van der Waals surface area contributed by atoms with Crippen LogP contribution in [0, 0.1) is 6.92 Å². The normalized spacial score (nSPS) is 11.8. The number of anilines is 1. The molecule has 1 aromatic carbocycles. The number of nitrogens with zero attached hydrogens (tertiary/aromatic N) is 3. The van der Waals surface area contributed by atoms with Crippen LogP contribution in [0.2, 0.25) is 0 Å². The van der Waals surface area contributed by atoms with E-state index in [2.05, 4.69) is 5.10 Å². The number of hydrogen-bond donors (Lipinski definition) is 0. The monoisotopic (exact) mass is 361 g/mol.